The van der Waals surface area contributed by atoms with Crippen molar-refractivity contribution in [3.8, 4) is 5.75 Å². The minimum absolute atomic E-state index is 0.420. The molecule has 1 atom stereocenters. The molecule has 1 rings (SSSR count). The third-order valence-electron chi connectivity index (χ3n) is 2.17. The average molecular weight is 226 g/mol. The second kappa shape index (κ2) is 5.07. The molecule has 1 aromatic rings. The zero-order chi connectivity index (χ0) is 11.4. The molecule has 4 heteroatoms. The molecule has 0 aromatic heterocycles. The molecule has 1 unspecified atom stereocenters. The number of carboxylic acids is 1. The Labute approximate surface area is 94.5 Å². The van der Waals surface area contributed by atoms with E-state index in [9.17, 15) is 4.79 Å². The van der Waals surface area contributed by atoms with Crippen LogP contribution in [0.15, 0.2) is 18.2 Å². The van der Waals surface area contributed by atoms with Crippen LogP contribution in [0.25, 0.3) is 0 Å². The molecule has 0 radical (unpaired) electrons. The number of carbonyl (C=O) groups is 1. The van der Waals surface area contributed by atoms with Gasteiger partial charge in [0.25, 0.3) is 0 Å². The van der Waals surface area contributed by atoms with Crippen LogP contribution >= 0.6 is 12.6 Å². The van der Waals surface area contributed by atoms with Crippen LogP contribution in [-0.2, 0) is 11.2 Å². The molecule has 0 bridgehead atoms. The highest BCUT2D eigenvalue weighted by Crippen LogP contribution is 2.20. The first-order chi connectivity index (χ1) is 7.04. The number of methoxy groups -OCH3 is 1. The number of rotatable bonds is 4. The average Bonchev–Trinajstić information content (AvgIpc) is 2.18. The highest BCUT2D eigenvalue weighted by molar-refractivity contribution is 7.81. The number of hydrogen-bond acceptors (Lipinski definition) is 3. The summed E-state index contributed by atoms with van der Waals surface area (Å²) in [4.78, 5) is 10.6. The maximum Gasteiger partial charge on any atom is 0.316 e. The molecule has 82 valence electrons. The third kappa shape index (κ3) is 3.16. The van der Waals surface area contributed by atoms with Crippen molar-refractivity contribution in [2.75, 3.05) is 7.11 Å². The van der Waals surface area contributed by atoms with E-state index in [4.69, 9.17) is 9.84 Å². The van der Waals surface area contributed by atoms with E-state index in [1.165, 1.54) is 0 Å². The summed E-state index contributed by atoms with van der Waals surface area (Å²) in [6.07, 6.45) is 0.420. The van der Waals surface area contributed by atoms with Gasteiger partial charge < -0.3 is 9.84 Å². The quantitative estimate of drug-likeness (QED) is 0.771. The summed E-state index contributed by atoms with van der Waals surface area (Å²) in [7, 11) is 1.61. The van der Waals surface area contributed by atoms with Gasteiger partial charge in [-0.2, -0.15) is 12.6 Å². The molecule has 1 aromatic carbocycles. The topological polar surface area (TPSA) is 46.5 Å². The van der Waals surface area contributed by atoms with E-state index in [1.807, 2.05) is 25.1 Å². The molecule has 0 aliphatic heterocycles. The van der Waals surface area contributed by atoms with Gasteiger partial charge in [0.05, 0.1) is 7.11 Å². The number of hydrogen-bond donors (Lipinski definition) is 2. The molecular weight excluding hydrogens is 212 g/mol. The van der Waals surface area contributed by atoms with Gasteiger partial charge in [-0.3, -0.25) is 4.79 Å². The number of ether oxygens (including phenoxy) is 1. The van der Waals surface area contributed by atoms with E-state index in [0.29, 0.717) is 6.42 Å². The molecule has 0 spiro atoms. The van der Waals surface area contributed by atoms with E-state index in [-0.39, 0.29) is 0 Å². The van der Waals surface area contributed by atoms with Crippen molar-refractivity contribution in [3.63, 3.8) is 0 Å². The minimum atomic E-state index is -0.896. The fourth-order valence-corrected chi connectivity index (χ4v) is 1.59. The van der Waals surface area contributed by atoms with Crippen LogP contribution in [0.3, 0.4) is 0 Å². The predicted molar refractivity (Wildman–Crippen MR) is 61.8 cm³/mol. The molecule has 0 aliphatic rings. The Hall–Kier alpha value is -1.16. The molecular formula is C11H14O3S. The lowest BCUT2D eigenvalue weighted by atomic mass is 10.1. The van der Waals surface area contributed by atoms with E-state index < -0.39 is 11.2 Å². The number of aryl methyl sites for hydroxylation is 1. The molecule has 0 fully saturated rings. The van der Waals surface area contributed by atoms with Gasteiger partial charge in [-0.1, -0.05) is 12.1 Å². The van der Waals surface area contributed by atoms with Gasteiger partial charge in [0, 0.05) is 0 Å². The highest BCUT2D eigenvalue weighted by atomic mass is 32.1. The second-order valence-electron chi connectivity index (χ2n) is 3.36. The summed E-state index contributed by atoms with van der Waals surface area (Å²) >= 11 is 3.99. The maximum atomic E-state index is 10.6. The van der Waals surface area contributed by atoms with Crippen LogP contribution in [0.1, 0.15) is 11.1 Å². The third-order valence-corrected chi connectivity index (χ3v) is 2.58. The summed E-state index contributed by atoms with van der Waals surface area (Å²) in [6.45, 7) is 1.93. The monoisotopic (exact) mass is 226 g/mol. The van der Waals surface area contributed by atoms with Gasteiger partial charge in [-0.15, -0.1) is 0 Å². The predicted octanol–water partition coefficient (Wildman–Crippen LogP) is 1.93. The summed E-state index contributed by atoms with van der Waals surface area (Å²) in [5, 5.41) is 8.06. The Morgan fingerprint density at radius 3 is 2.73 bits per heavy atom. The SMILES string of the molecule is COc1ccc(CC(S)C(=O)O)cc1C. The summed E-state index contributed by atoms with van der Waals surface area (Å²) in [5.41, 5.74) is 1.96. The van der Waals surface area contributed by atoms with Crippen LogP contribution in [0.4, 0.5) is 0 Å². The van der Waals surface area contributed by atoms with E-state index >= 15 is 0 Å². The first-order valence-electron chi connectivity index (χ1n) is 4.59. The van der Waals surface area contributed by atoms with E-state index in [0.717, 1.165) is 16.9 Å². The molecule has 3 nitrogen and oxygen atoms in total. The van der Waals surface area contributed by atoms with Crippen molar-refractivity contribution in [3.05, 3.63) is 29.3 Å². The Bertz CT molecular complexity index is 363. The van der Waals surface area contributed by atoms with E-state index in [2.05, 4.69) is 12.6 Å². The Morgan fingerprint density at radius 1 is 1.60 bits per heavy atom. The zero-order valence-electron chi connectivity index (χ0n) is 8.73. The van der Waals surface area contributed by atoms with Gasteiger partial charge in [0.1, 0.15) is 11.0 Å². The number of aliphatic carboxylic acids is 1. The van der Waals surface area contributed by atoms with Gasteiger partial charge in [0.2, 0.25) is 0 Å². The molecule has 0 saturated carbocycles. The molecule has 0 heterocycles. The lowest BCUT2D eigenvalue weighted by molar-refractivity contribution is -0.136. The lowest BCUT2D eigenvalue weighted by Crippen LogP contribution is -2.16. The van der Waals surface area contributed by atoms with Crippen LogP contribution in [-0.4, -0.2) is 23.4 Å². The molecule has 1 N–H and O–H groups in total. The molecule has 0 amide bonds. The normalized spacial score (nSPS) is 12.2. The Morgan fingerprint density at radius 2 is 2.27 bits per heavy atom. The van der Waals surface area contributed by atoms with Crippen molar-refractivity contribution in [1.82, 2.24) is 0 Å². The van der Waals surface area contributed by atoms with Crippen LogP contribution < -0.4 is 4.74 Å². The molecule has 0 aliphatic carbocycles. The number of thiol groups is 1. The van der Waals surface area contributed by atoms with Crippen molar-refractivity contribution < 1.29 is 14.6 Å². The van der Waals surface area contributed by atoms with Crippen LogP contribution in [0.5, 0.6) is 5.75 Å². The van der Waals surface area contributed by atoms with Crippen LogP contribution in [0.2, 0.25) is 0 Å². The summed E-state index contributed by atoms with van der Waals surface area (Å²) in [5.74, 6) is -0.0865. The fraction of sp³-hybridized carbons (Fsp3) is 0.364. The maximum absolute atomic E-state index is 10.6. The molecule has 0 saturated heterocycles. The second-order valence-corrected chi connectivity index (χ2v) is 3.99. The van der Waals surface area contributed by atoms with Crippen molar-refractivity contribution in [2.24, 2.45) is 0 Å². The van der Waals surface area contributed by atoms with Crippen molar-refractivity contribution in [2.45, 2.75) is 18.6 Å². The summed E-state index contributed by atoms with van der Waals surface area (Å²) < 4.78 is 5.12. The minimum Gasteiger partial charge on any atom is -0.496 e. The number of carboxylic acid groups (broad SMARTS) is 1. The molecule has 15 heavy (non-hydrogen) atoms. The smallest absolute Gasteiger partial charge is 0.316 e. The fourth-order valence-electron chi connectivity index (χ4n) is 1.38. The van der Waals surface area contributed by atoms with Gasteiger partial charge in [-0.05, 0) is 30.5 Å². The standard InChI is InChI=1S/C11H14O3S/c1-7-5-8(3-4-9(7)14-2)6-10(15)11(12)13/h3-5,10,15H,6H2,1-2H3,(H,12,13). The van der Waals surface area contributed by atoms with Crippen molar-refractivity contribution >= 4 is 18.6 Å². The Balaban J connectivity index is 2.79. The zero-order valence-corrected chi connectivity index (χ0v) is 9.62. The summed E-state index contributed by atoms with van der Waals surface area (Å²) in [6, 6.07) is 5.62. The van der Waals surface area contributed by atoms with Gasteiger partial charge in [0.15, 0.2) is 0 Å². The lowest BCUT2D eigenvalue weighted by Gasteiger charge is -2.09. The van der Waals surface area contributed by atoms with Gasteiger partial charge in [-0.25, -0.2) is 0 Å². The first kappa shape index (κ1) is 11.9. The van der Waals surface area contributed by atoms with Gasteiger partial charge >= 0.3 is 5.97 Å². The largest absolute Gasteiger partial charge is 0.496 e. The number of benzene rings is 1. The van der Waals surface area contributed by atoms with Crippen LogP contribution in [0, 0.1) is 6.92 Å². The first-order valence-corrected chi connectivity index (χ1v) is 5.10. The highest BCUT2D eigenvalue weighted by Gasteiger charge is 2.13. The Kier molecular flexibility index (Phi) is 4.03. The van der Waals surface area contributed by atoms with Crippen molar-refractivity contribution in [1.29, 1.82) is 0 Å². The van der Waals surface area contributed by atoms with E-state index in [1.54, 1.807) is 7.11 Å².